The Hall–Kier alpha value is -4.56. The lowest BCUT2D eigenvalue weighted by molar-refractivity contribution is 0.246. The molecule has 14 nitrogen and oxygen atoms in total. The second kappa shape index (κ2) is 16.3. The number of hydrogen-bond acceptors (Lipinski definition) is 12. The van der Waals surface area contributed by atoms with Crippen molar-refractivity contribution in [2.24, 2.45) is 0 Å². The molecule has 0 radical (unpaired) electrons. The fourth-order valence-electron chi connectivity index (χ4n) is 5.92. The number of rotatable bonds is 16. The zero-order valence-corrected chi connectivity index (χ0v) is 28.3. The van der Waals surface area contributed by atoms with E-state index in [2.05, 4.69) is 30.4 Å². The maximum Gasteiger partial charge on any atom is 0.203 e. The first kappa shape index (κ1) is 33.8. The SMILES string of the molecule is COc1cc(-c2cn(CCCN3CCCN(CCCn4cc(-c5cc(OC)c(OC)c(OC)c5)nn4)CC3)nn2)cc(OC)c1OC. The number of aromatic nitrogens is 6. The Labute approximate surface area is 276 Å². The maximum absolute atomic E-state index is 5.49. The van der Waals surface area contributed by atoms with E-state index in [9.17, 15) is 0 Å². The van der Waals surface area contributed by atoms with Crippen molar-refractivity contribution in [3.05, 3.63) is 36.7 Å². The van der Waals surface area contributed by atoms with Gasteiger partial charge in [-0.15, -0.1) is 10.2 Å². The standard InChI is InChI=1S/C33H46N8O6/c1-42-28-18-24(19-29(43-2)32(28)46-5)26-22-40(36-34-26)14-8-12-38-10-7-11-39(17-16-38)13-9-15-41-23-27(35-37-41)25-20-30(44-3)33(47-6)31(21-25)45-4/h18-23H,7-17H2,1-6H3. The predicted molar refractivity (Wildman–Crippen MR) is 177 cm³/mol. The molecule has 0 unspecified atom stereocenters. The van der Waals surface area contributed by atoms with Gasteiger partial charge in [-0.05, 0) is 69.7 Å². The Kier molecular flexibility index (Phi) is 11.7. The lowest BCUT2D eigenvalue weighted by Crippen LogP contribution is -2.32. The maximum atomic E-state index is 5.49. The van der Waals surface area contributed by atoms with Crippen LogP contribution in [0.2, 0.25) is 0 Å². The molecule has 2 aromatic heterocycles. The zero-order valence-electron chi connectivity index (χ0n) is 28.3. The predicted octanol–water partition coefficient (Wildman–Crippen LogP) is 3.74. The van der Waals surface area contributed by atoms with Crippen LogP contribution in [0.25, 0.3) is 22.5 Å². The van der Waals surface area contributed by atoms with E-state index in [-0.39, 0.29) is 0 Å². The highest BCUT2D eigenvalue weighted by Gasteiger charge is 2.18. The Morgan fingerprint density at radius 1 is 0.511 bits per heavy atom. The van der Waals surface area contributed by atoms with E-state index in [4.69, 9.17) is 28.4 Å². The van der Waals surface area contributed by atoms with Crippen molar-refractivity contribution in [2.45, 2.75) is 32.4 Å². The molecule has 0 aliphatic carbocycles. The molecule has 14 heteroatoms. The average molecular weight is 651 g/mol. The molecular weight excluding hydrogens is 604 g/mol. The van der Waals surface area contributed by atoms with Gasteiger partial charge in [0.2, 0.25) is 11.5 Å². The summed E-state index contributed by atoms with van der Waals surface area (Å²) in [6.07, 6.45) is 7.09. The van der Waals surface area contributed by atoms with E-state index in [1.165, 1.54) is 0 Å². The topological polar surface area (TPSA) is 123 Å². The van der Waals surface area contributed by atoms with Crippen LogP contribution >= 0.6 is 0 Å². The first-order chi connectivity index (χ1) is 23.0. The summed E-state index contributed by atoms with van der Waals surface area (Å²) in [5, 5.41) is 17.5. The highest BCUT2D eigenvalue weighted by atomic mass is 16.5. The van der Waals surface area contributed by atoms with Crippen molar-refractivity contribution in [3.63, 3.8) is 0 Å². The van der Waals surface area contributed by atoms with Crippen LogP contribution in [-0.4, -0.2) is 122 Å². The van der Waals surface area contributed by atoms with Crippen molar-refractivity contribution in [1.82, 2.24) is 39.8 Å². The van der Waals surface area contributed by atoms with Gasteiger partial charge in [-0.3, -0.25) is 9.36 Å². The van der Waals surface area contributed by atoms with Gasteiger partial charge in [-0.1, -0.05) is 10.4 Å². The number of benzene rings is 2. The summed E-state index contributed by atoms with van der Waals surface area (Å²) >= 11 is 0. The van der Waals surface area contributed by atoms with Gasteiger partial charge in [0.25, 0.3) is 0 Å². The molecule has 1 fully saturated rings. The molecule has 0 saturated carbocycles. The summed E-state index contributed by atoms with van der Waals surface area (Å²) in [7, 11) is 9.61. The third kappa shape index (κ3) is 8.24. The summed E-state index contributed by atoms with van der Waals surface area (Å²) in [5.74, 6) is 3.47. The second-order valence-electron chi connectivity index (χ2n) is 11.3. The Morgan fingerprint density at radius 3 is 1.23 bits per heavy atom. The molecule has 0 amide bonds. The third-order valence-electron chi connectivity index (χ3n) is 8.40. The molecule has 1 aliphatic rings. The first-order valence-electron chi connectivity index (χ1n) is 15.9. The highest BCUT2D eigenvalue weighted by molar-refractivity contribution is 5.69. The first-order valence-corrected chi connectivity index (χ1v) is 15.9. The largest absolute Gasteiger partial charge is 0.493 e. The van der Waals surface area contributed by atoms with E-state index < -0.39 is 0 Å². The summed E-state index contributed by atoms with van der Waals surface area (Å²) in [4.78, 5) is 5.11. The van der Waals surface area contributed by atoms with Crippen molar-refractivity contribution in [2.75, 3.05) is 81.9 Å². The van der Waals surface area contributed by atoms with Gasteiger partial charge in [0.15, 0.2) is 23.0 Å². The molecule has 0 N–H and O–H groups in total. The van der Waals surface area contributed by atoms with Gasteiger partial charge in [0, 0.05) is 37.3 Å². The van der Waals surface area contributed by atoms with Crippen molar-refractivity contribution < 1.29 is 28.4 Å². The minimum absolute atomic E-state index is 0.556. The van der Waals surface area contributed by atoms with E-state index >= 15 is 0 Å². The van der Waals surface area contributed by atoms with Crippen molar-refractivity contribution in [1.29, 1.82) is 0 Å². The fourth-order valence-corrected chi connectivity index (χ4v) is 5.92. The summed E-state index contributed by atoms with van der Waals surface area (Å²) in [5.41, 5.74) is 3.25. The lowest BCUT2D eigenvalue weighted by Gasteiger charge is -2.21. The van der Waals surface area contributed by atoms with Crippen LogP contribution in [0.3, 0.4) is 0 Å². The summed E-state index contributed by atoms with van der Waals surface area (Å²) in [6, 6.07) is 7.55. The van der Waals surface area contributed by atoms with Crippen LogP contribution in [-0.2, 0) is 13.1 Å². The Bertz CT molecular complexity index is 1430. The molecule has 0 spiro atoms. The zero-order chi connectivity index (χ0) is 33.2. The van der Waals surface area contributed by atoms with Gasteiger partial charge < -0.3 is 38.2 Å². The lowest BCUT2D eigenvalue weighted by atomic mass is 10.1. The molecule has 47 heavy (non-hydrogen) atoms. The molecular formula is C33H46N8O6. The van der Waals surface area contributed by atoms with Crippen LogP contribution in [0.4, 0.5) is 0 Å². The molecule has 5 rings (SSSR count). The Morgan fingerprint density at radius 2 is 0.894 bits per heavy atom. The number of hydrogen-bond donors (Lipinski definition) is 0. The van der Waals surface area contributed by atoms with Crippen LogP contribution in [0.15, 0.2) is 36.7 Å². The number of nitrogens with zero attached hydrogens (tertiary/aromatic N) is 8. The number of ether oxygens (including phenoxy) is 6. The molecule has 2 aromatic carbocycles. The van der Waals surface area contributed by atoms with Crippen molar-refractivity contribution in [3.8, 4) is 57.0 Å². The molecule has 3 heterocycles. The highest BCUT2D eigenvalue weighted by Crippen LogP contribution is 2.41. The van der Waals surface area contributed by atoms with Gasteiger partial charge in [-0.25, -0.2) is 0 Å². The molecule has 1 aliphatic heterocycles. The molecule has 0 bridgehead atoms. The minimum atomic E-state index is 0.556. The van der Waals surface area contributed by atoms with E-state index in [1.54, 1.807) is 42.7 Å². The normalized spacial score (nSPS) is 14.1. The Balaban J connectivity index is 1.05. The average Bonchev–Trinajstić information content (AvgIpc) is 3.73. The molecule has 4 aromatic rings. The van der Waals surface area contributed by atoms with Crippen LogP contribution in [0.1, 0.15) is 19.3 Å². The van der Waals surface area contributed by atoms with E-state index in [0.29, 0.717) is 34.5 Å². The van der Waals surface area contributed by atoms with Crippen LogP contribution in [0.5, 0.6) is 34.5 Å². The smallest absolute Gasteiger partial charge is 0.203 e. The second-order valence-corrected chi connectivity index (χ2v) is 11.3. The van der Waals surface area contributed by atoms with Gasteiger partial charge in [0.05, 0.1) is 55.1 Å². The van der Waals surface area contributed by atoms with Crippen molar-refractivity contribution >= 4 is 0 Å². The van der Waals surface area contributed by atoms with E-state index in [1.807, 2.05) is 46.0 Å². The van der Waals surface area contributed by atoms with Crippen LogP contribution in [0, 0.1) is 0 Å². The van der Waals surface area contributed by atoms with Gasteiger partial charge in [0.1, 0.15) is 11.4 Å². The fraction of sp³-hybridized carbons (Fsp3) is 0.515. The quantitative estimate of drug-likeness (QED) is 0.176. The molecule has 0 atom stereocenters. The number of methoxy groups -OCH3 is 6. The summed E-state index contributed by atoms with van der Waals surface area (Å²) < 4.78 is 36.6. The monoisotopic (exact) mass is 650 g/mol. The van der Waals surface area contributed by atoms with Gasteiger partial charge >= 0.3 is 0 Å². The summed E-state index contributed by atoms with van der Waals surface area (Å²) in [6.45, 7) is 7.97. The van der Waals surface area contributed by atoms with Crippen LogP contribution < -0.4 is 28.4 Å². The van der Waals surface area contributed by atoms with E-state index in [0.717, 1.165) is 94.1 Å². The molecule has 254 valence electrons. The minimum Gasteiger partial charge on any atom is -0.493 e. The van der Waals surface area contributed by atoms with Gasteiger partial charge in [-0.2, -0.15) is 0 Å². The number of aryl methyl sites for hydroxylation is 2. The third-order valence-corrected chi connectivity index (χ3v) is 8.40. The molecule has 1 saturated heterocycles.